The van der Waals surface area contributed by atoms with Gasteiger partial charge in [-0.25, -0.2) is 4.98 Å². The molecule has 1 aromatic heterocycles. The van der Waals surface area contributed by atoms with Crippen molar-refractivity contribution in [3.05, 3.63) is 40.5 Å². The summed E-state index contributed by atoms with van der Waals surface area (Å²) in [5.41, 5.74) is 0.471. The van der Waals surface area contributed by atoms with Gasteiger partial charge in [0.05, 0.1) is 0 Å². The molecule has 134 valence electrons. The molecule has 25 heavy (non-hydrogen) atoms. The van der Waals surface area contributed by atoms with Crippen LogP contribution in [0, 0.1) is 6.92 Å². The monoisotopic (exact) mass is 370 g/mol. The molecular formula is C17H18ClF3N4. The zero-order valence-corrected chi connectivity index (χ0v) is 14.4. The summed E-state index contributed by atoms with van der Waals surface area (Å²) in [6.07, 6.45) is -0.604. The van der Waals surface area contributed by atoms with Gasteiger partial charge in [-0.05, 0) is 37.5 Å². The second kappa shape index (κ2) is 7.07. The standard InChI is InChI=1S/C17H18ClF3N4/c1-10-6-7-11(18)8-13(10)23-15-9-14(17(19,20)21)24-16(25-15)22-12-4-2-3-5-12/h6-9,12H,2-5H2,1H3,(H2,22,23,24,25). The number of nitrogens with zero attached hydrogens (tertiary/aromatic N) is 2. The minimum Gasteiger partial charge on any atom is -0.351 e. The number of nitrogens with one attached hydrogen (secondary N) is 2. The quantitative estimate of drug-likeness (QED) is 0.740. The van der Waals surface area contributed by atoms with Crippen LogP contribution < -0.4 is 10.6 Å². The summed E-state index contributed by atoms with van der Waals surface area (Å²) in [6, 6.07) is 6.17. The number of aryl methyl sites for hydroxylation is 1. The van der Waals surface area contributed by atoms with Gasteiger partial charge < -0.3 is 10.6 Å². The Morgan fingerprint density at radius 3 is 2.52 bits per heavy atom. The minimum atomic E-state index is -4.55. The Balaban J connectivity index is 1.92. The molecule has 1 aromatic carbocycles. The third-order valence-electron chi connectivity index (χ3n) is 4.17. The van der Waals surface area contributed by atoms with Crippen LogP contribution in [0.2, 0.25) is 5.02 Å². The maximum absolute atomic E-state index is 13.2. The molecule has 0 atom stereocenters. The molecule has 1 heterocycles. The van der Waals surface area contributed by atoms with Crippen molar-refractivity contribution < 1.29 is 13.2 Å². The van der Waals surface area contributed by atoms with E-state index < -0.39 is 11.9 Å². The Morgan fingerprint density at radius 1 is 1.12 bits per heavy atom. The summed E-state index contributed by atoms with van der Waals surface area (Å²) in [5, 5.41) is 6.42. The second-order valence-corrected chi connectivity index (χ2v) is 6.61. The van der Waals surface area contributed by atoms with Gasteiger partial charge in [0.15, 0.2) is 5.69 Å². The molecule has 0 unspecified atom stereocenters. The first-order chi connectivity index (χ1) is 11.8. The van der Waals surface area contributed by atoms with Crippen LogP contribution in [0.4, 0.5) is 30.6 Å². The van der Waals surface area contributed by atoms with E-state index in [1.165, 1.54) is 0 Å². The summed E-state index contributed by atoms with van der Waals surface area (Å²) in [5.74, 6) is 0.0668. The van der Waals surface area contributed by atoms with E-state index in [1.807, 2.05) is 6.92 Å². The topological polar surface area (TPSA) is 49.8 Å². The summed E-state index contributed by atoms with van der Waals surface area (Å²) >= 11 is 5.97. The van der Waals surface area contributed by atoms with Gasteiger partial charge in [-0.1, -0.05) is 30.5 Å². The Kier molecular flexibility index (Phi) is 5.03. The van der Waals surface area contributed by atoms with Crippen LogP contribution in [-0.2, 0) is 6.18 Å². The number of alkyl halides is 3. The summed E-state index contributed by atoms with van der Waals surface area (Å²) < 4.78 is 39.5. The molecule has 1 saturated carbocycles. The summed E-state index contributed by atoms with van der Waals surface area (Å²) in [7, 11) is 0. The lowest BCUT2D eigenvalue weighted by Crippen LogP contribution is -2.19. The predicted octanol–water partition coefficient (Wildman–Crippen LogP) is 5.56. The third-order valence-corrected chi connectivity index (χ3v) is 4.40. The Bertz CT molecular complexity index is 758. The van der Waals surface area contributed by atoms with Gasteiger partial charge in [-0.2, -0.15) is 18.2 Å². The largest absolute Gasteiger partial charge is 0.433 e. The zero-order valence-electron chi connectivity index (χ0n) is 13.6. The van der Waals surface area contributed by atoms with Gasteiger partial charge in [0.1, 0.15) is 5.82 Å². The summed E-state index contributed by atoms with van der Waals surface area (Å²) in [6.45, 7) is 1.84. The van der Waals surface area contributed by atoms with Gasteiger partial charge in [0, 0.05) is 22.8 Å². The molecule has 0 amide bonds. The highest BCUT2D eigenvalue weighted by molar-refractivity contribution is 6.30. The molecule has 0 aliphatic heterocycles. The molecule has 3 rings (SSSR count). The van der Waals surface area contributed by atoms with Gasteiger partial charge in [-0.3, -0.25) is 0 Å². The summed E-state index contributed by atoms with van der Waals surface area (Å²) in [4.78, 5) is 7.84. The highest BCUT2D eigenvalue weighted by Gasteiger charge is 2.34. The van der Waals surface area contributed by atoms with Crippen molar-refractivity contribution in [2.45, 2.75) is 44.8 Å². The van der Waals surface area contributed by atoms with Crippen molar-refractivity contribution in [1.82, 2.24) is 9.97 Å². The van der Waals surface area contributed by atoms with Gasteiger partial charge in [0.2, 0.25) is 5.95 Å². The molecule has 4 nitrogen and oxygen atoms in total. The Hall–Kier alpha value is -2.02. The maximum atomic E-state index is 13.2. The first kappa shape index (κ1) is 17.8. The van der Waals surface area contributed by atoms with Crippen molar-refractivity contribution in [3.63, 3.8) is 0 Å². The fourth-order valence-electron chi connectivity index (χ4n) is 2.84. The van der Waals surface area contributed by atoms with Crippen LogP contribution in [0.25, 0.3) is 0 Å². The molecule has 1 aliphatic rings. The lowest BCUT2D eigenvalue weighted by atomic mass is 10.2. The number of hydrogen-bond acceptors (Lipinski definition) is 4. The maximum Gasteiger partial charge on any atom is 0.433 e. The van der Waals surface area contributed by atoms with Crippen LogP contribution in [0.5, 0.6) is 0 Å². The molecule has 0 bridgehead atoms. The van der Waals surface area contributed by atoms with Crippen molar-refractivity contribution in [3.8, 4) is 0 Å². The number of hydrogen-bond donors (Lipinski definition) is 2. The highest BCUT2D eigenvalue weighted by atomic mass is 35.5. The van der Waals surface area contributed by atoms with Gasteiger partial charge in [0.25, 0.3) is 0 Å². The first-order valence-corrected chi connectivity index (χ1v) is 8.45. The normalized spacial score (nSPS) is 15.4. The van der Waals surface area contributed by atoms with Gasteiger partial charge in [-0.15, -0.1) is 0 Å². The second-order valence-electron chi connectivity index (χ2n) is 6.17. The Morgan fingerprint density at radius 2 is 1.84 bits per heavy atom. The van der Waals surface area contributed by atoms with E-state index in [0.717, 1.165) is 37.3 Å². The zero-order chi connectivity index (χ0) is 18.0. The fraction of sp³-hybridized carbons (Fsp3) is 0.412. The van der Waals surface area contributed by atoms with Crippen molar-refractivity contribution >= 4 is 29.1 Å². The molecule has 0 spiro atoms. The molecule has 2 aromatic rings. The molecule has 1 fully saturated rings. The van der Waals surface area contributed by atoms with E-state index in [-0.39, 0.29) is 17.8 Å². The molecule has 0 saturated heterocycles. The lowest BCUT2D eigenvalue weighted by molar-refractivity contribution is -0.141. The average Bonchev–Trinajstić information content (AvgIpc) is 3.03. The van der Waals surface area contributed by atoms with E-state index >= 15 is 0 Å². The predicted molar refractivity (Wildman–Crippen MR) is 92.4 cm³/mol. The van der Waals surface area contributed by atoms with E-state index in [2.05, 4.69) is 20.6 Å². The smallest absolute Gasteiger partial charge is 0.351 e. The SMILES string of the molecule is Cc1ccc(Cl)cc1Nc1cc(C(F)(F)F)nc(NC2CCCC2)n1. The van der Waals surface area contributed by atoms with Gasteiger partial charge >= 0.3 is 6.18 Å². The Labute approximate surface area is 148 Å². The van der Waals surface area contributed by atoms with Crippen LogP contribution >= 0.6 is 11.6 Å². The van der Waals surface area contributed by atoms with Crippen LogP contribution in [0.1, 0.15) is 36.9 Å². The number of benzene rings is 1. The molecular weight excluding hydrogens is 353 g/mol. The van der Waals surface area contributed by atoms with E-state index in [0.29, 0.717) is 10.7 Å². The van der Waals surface area contributed by atoms with Crippen molar-refractivity contribution in [1.29, 1.82) is 0 Å². The number of aromatic nitrogens is 2. The third kappa shape index (κ3) is 4.54. The van der Waals surface area contributed by atoms with E-state index in [1.54, 1.807) is 18.2 Å². The average molecular weight is 371 g/mol. The number of anilines is 3. The van der Waals surface area contributed by atoms with Crippen molar-refractivity contribution in [2.75, 3.05) is 10.6 Å². The molecule has 0 radical (unpaired) electrons. The molecule has 2 N–H and O–H groups in total. The van der Waals surface area contributed by atoms with Crippen LogP contribution in [-0.4, -0.2) is 16.0 Å². The molecule has 8 heteroatoms. The van der Waals surface area contributed by atoms with E-state index in [9.17, 15) is 13.2 Å². The van der Waals surface area contributed by atoms with Crippen LogP contribution in [0.15, 0.2) is 24.3 Å². The van der Waals surface area contributed by atoms with E-state index in [4.69, 9.17) is 11.6 Å². The number of halogens is 4. The minimum absolute atomic E-state index is 0.0103. The fourth-order valence-corrected chi connectivity index (χ4v) is 3.01. The first-order valence-electron chi connectivity index (χ1n) is 8.07. The number of rotatable bonds is 4. The van der Waals surface area contributed by atoms with Crippen molar-refractivity contribution in [2.24, 2.45) is 0 Å². The highest BCUT2D eigenvalue weighted by Crippen LogP contribution is 2.32. The lowest BCUT2D eigenvalue weighted by Gasteiger charge is -2.16. The molecule has 1 aliphatic carbocycles. The van der Waals surface area contributed by atoms with Crippen LogP contribution in [0.3, 0.4) is 0 Å².